The largest absolute Gasteiger partial charge is 0.295 e. The number of piperazine rings is 1. The van der Waals surface area contributed by atoms with Crippen molar-refractivity contribution in [2.75, 3.05) is 26.2 Å². The van der Waals surface area contributed by atoms with Gasteiger partial charge in [-0.05, 0) is 24.3 Å². The summed E-state index contributed by atoms with van der Waals surface area (Å²) in [6.07, 6.45) is 1.52. The van der Waals surface area contributed by atoms with Gasteiger partial charge in [-0.2, -0.15) is 4.31 Å². The Morgan fingerprint density at radius 3 is 2.52 bits per heavy atom. The highest BCUT2D eigenvalue weighted by Crippen LogP contribution is 2.20. The molecule has 4 rings (SSSR count). The van der Waals surface area contributed by atoms with Crippen LogP contribution in [0.3, 0.4) is 0 Å². The molecule has 0 atom stereocenters. The van der Waals surface area contributed by atoms with Crippen LogP contribution in [0.5, 0.6) is 0 Å². The minimum Gasteiger partial charge on any atom is -0.295 e. The maximum atomic E-state index is 13.9. The van der Waals surface area contributed by atoms with Gasteiger partial charge in [0, 0.05) is 45.0 Å². The molecule has 1 aromatic carbocycles. The number of sulfonamides is 1. The van der Waals surface area contributed by atoms with Crippen LogP contribution in [-0.4, -0.2) is 53.2 Å². The van der Waals surface area contributed by atoms with E-state index in [2.05, 4.69) is 4.98 Å². The average molecular weight is 437 g/mol. The van der Waals surface area contributed by atoms with Crippen molar-refractivity contribution in [1.29, 1.82) is 0 Å². The summed E-state index contributed by atoms with van der Waals surface area (Å²) in [7, 11) is -3.88. The molecule has 1 aliphatic heterocycles. The van der Waals surface area contributed by atoms with Gasteiger partial charge in [-0.3, -0.25) is 14.1 Å². The minimum atomic E-state index is -3.88. The van der Waals surface area contributed by atoms with Gasteiger partial charge in [-0.15, -0.1) is 0 Å². The number of fused-ring (bicyclic) bond motifs is 1. The number of aromatic nitrogens is 2. The van der Waals surface area contributed by atoms with E-state index in [4.69, 9.17) is 11.6 Å². The molecule has 0 bridgehead atoms. The summed E-state index contributed by atoms with van der Waals surface area (Å²) in [6.45, 7) is 1.80. The van der Waals surface area contributed by atoms with Crippen molar-refractivity contribution in [2.24, 2.45) is 0 Å². The minimum absolute atomic E-state index is 0.228. The fourth-order valence-corrected chi connectivity index (χ4v) is 5.00. The summed E-state index contributed by atoms with van der Waals surface area (Å²) < 4.78 is 42.0. The molecule has 29 heavy (non-hydrogen) atoms. The Bertz CT molecular complexity index is 1220. The first-order valence-corrected chi connectivity index (χ1v) is 10.8. The molecule has 0 aliphatic carbocycles. The van der Waals surface area contributed by atoms with Gasteiger partial charge < -0.3 is 0 Å². The lowest BCUT2D eigenvalue weighted by Gasteiger charge is -2.33. The third-order valence-electron chi connectivity index (χ3n) is 4.85. The van der Waals surface area contributed by atoms with E-state index in [-0.39, 0.29) is 23.5 Å². The molecule has 152 valence electrons. The van der Waals surface area contributed by atoms with Gasteiger partial charge in [0.1, 0.15) is 16.4 Å². The predicted molar refractivity (Wildman–Crippen MR) is 107 cm³/mol. The highest BCUT2D eigenvalue weighted by atomic mass is 35.5. The maximum Gasteiger partial charge on any atom is 0.258 e. The molecule has 1 saturated heterocycles. The molecule has 3 aromatic rings. The Kier molecular flexibility index (Phi) is 5.39. The number of pyridine rings is 1. The van der Waals surface area contributed by atoms with Crippen LogP contribution in [0.15, 0.2) is 58.4 Å². The van der Waals surface area contributed by atoms with Gasteiger partial charge in [0.2, 0.25) is 10.0 Å². The summed E-state index contributed by atoms with van der Waals surface area (Å²) in [5, 5.41) is 0.446. The molecule has 10 heteroatoms. The van der Waals surface area contributed by atoms with Gasteiger partial charge in [0.15, 0.2) is 0 Å². The van der Waals surface area contributed by atoms with Crippen LogP contribution in [0.2, 0.25) is 5.02 Å². The lowest BCUT2D eigenvalue weighted by Crippen LogP contribution is -2.48. The lowest BCUT2D eigenvalue weighted by molar-refractivity contribution is 0.179. The molecular weight excluding hydrogens is 419 g/mol. The van der Waals surface area contributed by atoms with Crippen LogP contribution in [0, 0.1) is 5.82 Å². The molecule has 0 unspecified atom stereocenters. The number of benzene rings is 1. The van der Waals surface area contributed by atoms with Gasteiger partial charge in [-0.1, -0.05) is 23.7 Å². The first-order valence-electron chi connectivity index (χ1n) is 8.99. The Morgan fingerprint density at radius 1 is 1.07 bits per heavy atom. The molecule has 0 N–H and O–H groups in total. The van der Waals surface area contributed by atoms with E-state index in [1.165, 1.54) is 39.2 Å². The van der Waals surface area contributed by atoms with Gasteiger partial charge in [0.05, 0.1) is 10.7 Å². The van der Waals surface area contributed by atoms with E-state index in [1.807, 2.05) is 4.90 Å². The van der Waals surface area contributed by atoms with Crippen molar-refractivity contribution in [3.05, 3.63) is 75.5 Å². The molecule has 0 saturated carbocycles. The third kappa shape index (κ3) is 4.04. The lowest BCUT2D eigenvalue weighted by atomic mass is 10.3. The van der Waals surface area contributed by atoms with Crippen LogP contribution < -0.4 is 5.56 Å². The molecule has 0 amide bonds. The second-order valence-corrected chi connectivity index (χ2v) is 9.11. The van der Waals surface area contributed by atoms with Crippen molar-refractivity contribution >= 4 is 27.3 Å². The first-order chi connectivity index (χ1) is 13.8. The highest BCUT2D eigenvalue weighted by molar-refractivity contribution is 7.89. The van der Waals surface area contributed by atoms with E-state index in [1.54, 1.807) is 12.1 Å². The van der Waals surface area contributed by atoms with Crippen LogP contribution in [0.1, 0.15) is 5.69 Å². The Labute approximate surface area is 172 Å². The highest BCUT2D eigenvalue weighted by Gasteiger charge is 2.30. The first kappa shape index (κ1) is 20.0. The predicted octanol–water partition coefficient (Wildman–Crippen LogP) is 1.99. The van der Waals surface area contributed by atoms with Crippen LogP contribution in [0.4, 0.5) is 4.39 Å². The standard InChI is InChI=1S/C19H18ClFN4O3S/c20-14-5-6-18-22-15(11-19(26)25(18)12-14)13-23-7-9-24(10-8-23)29(27,28)17-4-2-1-3-16(17)21/h1-6,11-12H,7-10,13H2. The topological polar surface area (TPSA) is 75.0 Å². The molecule has 3 heterocycles. The average Bonchev–Trinajstić information content (AvgIpc) is 2.69. The van der Waals surface area contributed by atoms with Crippen molar-refractivity contribution in [3.63, 3.8) is 0 Å². The molecule has 7 nitrogen and oxygen atoms in total. The summed E-state index contributed by atoms with van der Waals surface area (Å²) in [5.41, 5.74) is 0.869. The smallest absolute Gasteiger partial charge is 0.258 e. The normalized spacial score (nSPS) is 16.3. The van der Waals surface area contributed by atoms with E-state index >= 15 is 0 Å². The fourth-order valence-electron chi connectivity index (χ4n) is 3.36. The number of hydrogen-bond acceptors (Lipinski definition) is 5. The van der Waals surface area contributed by atoms with Crippen molar-refractivity contribution in [3.8, 4) is 0 Å². The van der Waals surface area contributed by atoms with Crippen LogP contribution >= 0.6 is 11.6 Å². The number of nitrogens with zero attached hydrogens (tertiary/aromatic N) is 4. The number of hydrogen-bond donors (Lipinski definition) is 0. The van der Waals surface area contributed by atoms with E-state index < -0.39 is 15.8 Å². The summed E-state index contributed by atoms with van der Waals surface area (Å²) in [6, 6.07) is 10.2. The van der Waals surface area contributed by atoms with Crippen LogP contribution in [-0.2, 0) is 16.6 Å². The second-order valence-electron chi connectivity index (χ2n) is 6.77. The maximum absolute atomic E-state index is 13.9. The zero-order valence-corrected chi connectivity index (χ0v) is 16.9. The molecule has 1 fully saturated rings. The van der Waals surface area contributed by atoms with E-state index in [0.29, 0.717) is 36.0 Å². The number of rotatable bonds is 4. The van der Waals surface area contributed by atoms with Gasteiger partial charge in [0.25, 0.3) is 5.56 Å². The van der Waals surface area contributed by atoms with Gasteiger partial charge >= 0.3 is 0 Å². The molecule has 0 spiro atoms. The SMILES string of the molecule is O=c1cc(CN2CCN(S(=O)(=O)c3ccccc3F)CC2)nc2ccc(Cl)cn12. The monoisotopic (exact) mass is 436 g/mol. The Balaban J connectivity index is 1.47. The Morgan fingerprint density at radius 2 is 1.79 bits per heavy atom. The second kappa shape index (κ2) is 7.83. The molecule has 2 aromatic heterocycles. The van der Waals surface area contributed by atoms with Crippen molar-refractivity contribution in [2.45, 2.75) is 11.4 Å². The third-order valence-corrected chi connectivity index (χ3v) is 7.00. The Hall–Kier alpha value is -2.33. The number of halogens is 2. The summed E-state index contributed by atoms with van der Waals surface area (Å²) >= 11 is 5.92. The van der Waals surface area contributed by atoms with Crippen molar-refractivity contribution in [1.82, 2.24) is 18.6 Å². The summed E-state index contributed by atoms with van der Waals surface area (Å²) in [5.74, 6) is -0.754. The zero-order chi connectivity index (χ0) is 20.6. The molecule has 1 aliphatic rings. The quantitative estimate of drug-likeness (QED) is 0.625. The van der Waals surface area contributed by atoms with Crippen molar-refractivity contribution < 1.29 is 12.8 Å². The molecular formula is C19H18ClFN4O3S. The zero-order valence-electron chi connectivity index (χ0n) is 15.3. The van der Waals surface area contributed by atoms with E-state index in [0.717, 1.165) is 6.07 Å². The fraction of sp³-hybridized carbons (Fsp3) is 0.263. The summed E-state index contributed by atoms with van der Waals surface area (Å²) in [4.78, 5) is 18.5. The van der Waals surface area contributed by atoms with Gasteiger partial charge in [-0.25, -0.2) is 17.8 Å². The van der Waals surface area contributed by atoms with Crippen LogP contribution in [0.25, 0.3) is 5.65 Å². The van der Waals surface area contributed by atoms with E-state index in [9.17, 15) is 17.6 Å². The molecule has 0 radical (unpaired) electrons.